The fourth-order valence-electron chi connectivity index (χ4n) is 0. The molecular formula is H6Cl3NORh+. The van der Waals surface area contributed by atoms with Gasteiger partial charge in [0.15, 0.2) is 0 Å². The summed E-state index contributed by atoms with van der Waals surface area (Å²) < 4.78 is 0. The molecule has 2 nitrogen and oxygen atoms in total. The van der Waals surface area contributed by atoms with Gasteiger partial charge < -0.3 is 11.6 Å². The summed E-state index contributed by atoms with van der Waals surface area (Å²) in [6.07, 6.45) is 0. The van der Waals surface area contributed by atoms with E-state index in [0.29, 0.717) is 0 Å². The zero-order valence-electron chi connectivity index (χ0n) is 2.97. The van der Waals surface area contributed by atoms with E-state index in [9.17, 15) is 0 Å². The van der Waals surface area contributed by atoms with E-state index in [0.717, 1.165) is 0 Å². The van der Waals surface area contributed by atoms with Crippen molar-refractivity contribution >= 4 is 29.1 Å². The van der Waals surface area contributed by atoms with Crippen LogP contribution in [0.3, 0.4) is 0 Å². The maximum Gasteiger partial charge on any atom is -0.369 e. The van der Waals surface area contributed by atoms with Crippen LogP contribution < -0.4 is 6.15 Å². The first-order valence-corrected chi connectivity index (χ1v) is 6.71. The Morgan fingerprint density at radius 3 is 1.00 bits per heavy atom. The Bertz CT molecular complexity index is 15.5. The maximum absolute atomic E-state index is 4.94. The summed E-state index contributed by atoms with van der Waals surface area (Å²) in [6.45, 7) is 0. The SMILES string of the molecule is O.[Cl][Rh]([Cl])[Cl].[NH4+]. The minimum absolute atomic E-state index is 0. The van der Waals surface area contributed by atoms with E-state index >= 15 is 0 Å². The molecule has 0 heterocycles. The molecule has 0 aliphatic rings. The van der Waals surface area contributed by atoms with Crippen LogP contribution in [-0.4, -0.2) is 5.48 Å². The molecule has 0 saturated carbocycles. The molecule has 0 aromatic carbocycles. The third-order valence-corrected chi connectivity index (χ3v) is 0. The van der Waals surface area contributed by atoms with Crippen molar-refractivity contribution in [2.45, 2.75) is 0 Å². The van der Waals surface area contributed by atoms with E-state index in [4.69, 9.17) is 29.1 Å². The standard InChI is InChI=1S/3ClH.H3N.H2O.Rh/h3*1H;1H3;1H2;/q;;;;;+3/p-2. The van der Waals surface area contributed by atoms with Crippen molar-refractivity contribution in [2.24, 2.45) is 0 Å². The van der Waals surface area contributed by atoms with Gasteiger partial charge in [0.05, 0.1) is 0 Å². The second kappa shape index (κ2) is 9.65. The molecule has 6 heavy (non-hydrogen) atoms. The molecule has 0 amide bonds. The normalized spacial score (nSPS) is 7.50. The first-order chi connectivity index (χ1) is 1.73. The van der Waals surface area contributed by atoms with Crippen LogP contribution in [-0.2, 0) is 13.0 Å². The van der Waals surface area contributed by atoms with E-state index < -0.39 is 13.0 Å². The number of hydrogen-bond donors (Lipinski definition) is 1. The van der Waals surface area contributed by atoms with Gasteiger partial charge in [-0.3, -0.25) is 0 Å². The Labute approximate surface area is 53.7 Å². The van der Waals surface area contributed by atoms with Crippen molar-refractivity contribution in [3.63, 3.8) is 0 Å². The van der Waals surface area contributed by atoms with Gasteiger partial charge in [-0.2, -0.15) is 0 Å². The second-order valence-electron chi connectivity index (χ2n) is 0.143. The fraction of sp³-hybridized carbons (Fsp3) is 0. The number of halogens is 3. The Balaban J connectivity index is -0.0000000450. The van der Waals surface area contributed by atoms with Crippen molar-refractivity contribution in [1.82, 2.24) is 6.15 Å². The molecule has 0 bridgehead atoms. The van der Waals surface area contributed by atoms with E-state index in [-0.39, 0.29) is 11.6 Å². The quantitative estimate of drug-likeness (QED) is 0.630. The van der Waals surface area contributed by atoms with Crippen molar-refractivity contribution in [1.29, 1.82) is 0 Å². The Morgan fingerprint density at radius 2 is 1.00 bits per heavy atom. The molecule has 0 fully saturated rings. The van der Waals surface area contributed by atoms with Gasteiger partial charge in [-0.1, -0.05) is 0 Å². The second-order valence-corrected chi connectivity index (χ2v) is 7.61. The third kappa shape index (κ3) is 52.8. The average molecular weight is 245 g/mol. The molecule has 6 heteroatoms. The Kier molecular flexibility index (Phi) is 25.2. The molecule has 6 N–H and O–H groups in total. The zero-order chi connectivity index (χ0) is 3.58. The van der Waals surface area contributed by atoms with Crippen molar-refractivity contribution in [2.75, 3.05) is 0 Å². The zero-order valence-corrected chi connectivity index (χ0v) is 6.87. The minimum Gasteiger partial charge on any atom is -0.369 e. The van der Waals surface area contributed by atoms with E-state index in [1.807, 2.05) is 0 Å². The molecular weight excluding hydrogens is 239 g/mol. The molecule has 0 aromatic heterocycles. The fourth-order valence-corrected chi connectivity index (χ4v) is 0. The molecule has 0 radical (unpaired) electrons. The van der Waals surface area contributed by atoms with E-state index in [1.54, 1.807) is 0 Å². The topological polar surface area (TPSA) is 68.0 Å². The summed E-state index contributed by atoms with van der Waals surface area (Å²) >= 11 is -1.66. The smallest absolute Gasteiger partial charge is 0.369 e. The predicted molar refractivity (Wildman–Crippen MR) is 27.2 cm³/mol. The van der Waals surface area contributed by atoms with Gasteiger partial charge in [0.1, 0.15) is 0 Å². The molecule has 0 aliphatic heterocycles. The summed E-state index contributed by atoms with van der Waals surface area (Å²) in [6, 6.07) is 0. The molecule has 0 saturated heterocycles. The monoisotopic (exact) mass is 244 g/mol. The molecule has 0 rings (SSSR count). The molecule has 0 aliphatic carbocycles. The van der Waals surface area contributed by atoms with Crippen LogP contribution in [0.25, 0.3) is 0 Å². The van der Waals surface area contributed by atoms with Crippen molar-refractivity contribution in [3.8, 4) is 0 Å². The molecule has 0 aromatic rings. The van der Waals surface area contributed by atoms with Gasteiger partial charge in [0.2, 0.25) is 0 Å². The Morgan fingerprint density at radius 1 is 1.00 bits per heavy atom. The van der Waals surface area contributed by atoms with Gasteiger partial charge in [-0.05, 0) is 0 Å². The third-order valence-electron chi connectivity index (χ3n) is 0. The van der Waals surface area contributed by atoms with Crippen LogP contribution in [0.5, 0.6) is 0 Å². The van der Waals surface area contributed by atoms with E-state index in [2.05, 4.69) is 0 Å². The summed E-state index contributed by atoms with van der Waals surface area (Å²) in [5.74, 6) is 0. The van der Waals surface area contributed by atoms with Gasteiger partial charge in [-0.25, -0.2) is 0 Å². The number of rotatable bonds is 0. The predicted octanol–water partition coefficient (Wildman–Crippen LogP) is 1.62. The van der Waals surface area contributed by atoms with Crippen molar-refractivity contribution < 1.29 is 18.5 Å². The molecule has 0 atom stereocenters. The largest absolute Gasteiger partial charge is 0.369 e. The first kappa shape index (κ1) is 15.7. The average Bonchev–Trinajstić information content (AvgIpc) is 0.811. The summed E-state index contributed by atoms with van der Waals surface area (Å²) in [7, 11) is 14.8. The summed E-state index contributed by atoms with van der Waals surface area (Å²) in [5, 5.41) is 0. The molecule has 0 unspecified atom stereocenters. The van der Waals surface area contributed by atoms with Gasteiger partial charge in [0, 0.05) is 0 Å². The maximum atomic E-state index is 4.94. The molecule has 46 valence electrons. The van der Waals surface area contributed by atoms with Crippen LogP contribution in [0.2, 0.25) is 0 Å². The van der Waals surface area contributed by atoms with E-state index in [1.165, 1.54) is 0 Å². The number of quaternary nitrogens is 1. The van der Waals surface area contributed by atoms with Gasteiger partial charge >= 0.3 is 42.1 Å². The van der Waals surface area contributed by atoms with Gasteiger partial charge in [0.25, 0.3) is 0 Å². The van der Waals surface area contributed by atoms with Crippen LogP contribution in [0.1, 0.15) is 0 Å². The van der Waals surface area contributed by atoms with Crippen LogP contribution in [0, 0.1) is 0 Å². The van der Waals surface area contributed by atoms with Crippen LogP contribution >= 0.6 is 29.1 Å². The van der Waals surface area contributed by atoms with Crippen LogP contribution in [0.15, 0.2) is 0 Å². The summed E-state index contributed by atoms with van der Waals surface area (Å²) in [5.41, 5.74) is 0. The van der Waals surface area contributed by atoms with Crippen molar-refractivity contribution in [3.05, 3.63) is 0 Å². The minimum atomic E-state index is -1.66. The van der Waals surface area contributed by atoms with Gasteiger partial charge in [-0.15, -0.1) is 0 Å². The molecule has 0 spiro atoms. The summed E-state index contributed by atoms with van der Waals surface area (Å²) in [4.78, 5) is 0. The first-order valence-electron chi connectivity index (χ1n) is 0.378. The Hall–Kier alpha value is 1.41. The van der Waals surface area contributed by atoms with Crippen LogP contribution in [0.4, 0.5) is 0 Å². The number of hydrogen-bond acceptors (Lipinski definition) is 0.